The van der Waals surface area contributed by atoms with Crippen LogP contribution in [0.1, 0.15) is 11.3 Å². The molecule has 7 heteroatoms. The summed E-state index contributed by atoms with van der Waals surface area (Å²) >= 11 is 1.44. The molecular weight excluding hydrogens is 375 g/mol. The number of carbonyl (C=O) groups is 1. The fourth-order valence-electron chi connectivity index (χ4n) is 3.31. The van der Waals surface area contributed by atoms with Crippen molar-refractivity contribution < 1.29 is 9.18 Å². The summed E-state index contributed by atoms with van der Waals surface area (Å²) in [6.45, 7) is 4.06. The van der Waals surface area contributed by atoms with Crippen molar-refractivity contribution in [2.45, 2.75) is 13.0 Å². The molecule has 2 aromatic heterocycles. The number of carbonyl (C=O) groups excluding carboxylic acids is 1. The van der Waals surface area contributed by atoms with E-state index in [1.165, 1.54) is 29.0 Å². The number of hydrogen-bond donors (Lipinski definition) is 0. The van der Waals surface area contributed by atoms with Gasteiger partial charge in [-0.3, -0.25) is 14.7 Å². The summed E-state index contributed by atoms with van der Waals surface area (Å²) in [4.78, 5) is 25.5. The maximum Gasteiger partial charge on any atom is 0.228 e. The lowest BCUT2D eigenvalue weighted by atomic mass is 10.2. The van der Waals surface area contributed by atoms with Crippen LogP contribution in [0.3, 0.4) is 0 Å². The predicted molar refractivity (Wildman–Crippen MR) is 107 cm³/mol. The van der Waals surface area contributed by atoms with Crippen molar-refractivity contribution in [1.82, 2.24) is 19.8 Å². The number of piperazine rings is 1. The summed E-state index contributed by atoms with van der Waals surface area (Å²) in [5.74, 6) is -0.186. The number of rotatable bonds is 5. The Labute approximate surface area is 167 Å². The van der Waals surface area contributed by atoms with Gasteiger partial charge in [-0.15, -0.1) is 11.3 Å². The highest BCUT2D eigenvalue weighted by Crippen LogP contribution is 2.24. The highest BCUT2D eigenvalue weighted by molar-refractivity contribution is 7.13. The van der Waals surface area contributed by atoms with E-state index in [4.69, 9.17) is 0 Å². The van der Waals surface area contributed by atoms with Crippen molar-refractivity contribution in [1.29, 1.82) is 0 Å². The summed E-state index contributed by atoms with van der Waals surface area (Å²) in [6.07, 6.45) is 3.90. The SMILES string of the molecule is O=C(Cc1csc(-c2cccc(F)c2)n1)N1CCN(Cc2ccncc2)CC1. The highest BCUT2D eigenvalue weighted by atomic mass is 32.1. The third-order valence-corrected chi connectivity index (χ3v) is 5.78. The first-order chi connectivity index (χ1) is 13.7. The molecule has 3 aromatic rings. The molecule has 0 radical (unpaired) electrons. The van der Waals surface area contributed by atoms with Gasteiger partial charge in [0.1, 0.15) is 10.8 Å². The fraction of sp³-hybridized carbons (Fsp3) is 0.286. The molecule has 5 nitrogen and oxygen atoms in total. The van der Waals surface area contributed by atoms with Gasteiger partial charge in [-0.25, -0.2) is 9.37 Å². The van der Waals surface area contributed by atoms with Crippen LogP contribution in [0.4, 0.5) is 4.39 Å². The number of hydrogen-bond acceptors (Lipinski definition) is 5. The first kappa shape index (κ1) is 18.7. The molecule has 0 spiro atoms. The number of nitrogens with zero attached hydrogens (tertiary/aromatic N) is 4. The number of benzene rings is 1. The molecule has 0 atom stereocenters. The Kier molecular flexibility index (Phi) is 5.73. The fourth-order valence-corrected chi connectivity index (χ4v) is 4.13. The molecule has 3 heterocycles. The zero-order valence-corrected chi connectivity index (χ0v) is 16.2. The Morgan fingerprint density at radius 1 is 1.11 bits per heavy atom. The van der Waals surface area contributed by atoms with Gasteiger partial charge < -0.3 is 4.90 Å². The largest absolute Gasteiger partial charge is 0.340 e. The molecule has 144 valence electrons. The van der Waals surface area contributed by atoms with E-state index in [1.807, 2.05) is 28.5 Å². The lowest BCUT2D eigenvalue weighted by molar-refractivity contribution is -0.132. The van der Waals surface area contributed by atoms with Gasteiger partial charge in [-0.2, -0.15) is 0 Å². The van der Waals surface area contributed by atoms with Gasteiger partial charge >= 0.3 is 0 Å². The first-order valence-corrected chi connectivity index (χ1v) is 10.1. The van der Waals surface area contributed by atoms with Crippen molar-refractivity contribution in [2.24, 2.45) is 0 Å². The lowest BCUT2D eigenvalue weighted by Gasteiger charge is -2.34. The molecule has 0 unspecified atom stereocenters. The summed E-state index contributed by atoms with van der Waals surface area (Å²) in [5, 5.41) is 2.63. The Morgan fingerprint density at radius 2 is 1.89 bits per heavy atom. The molecular formula is C21H21FN4OS. The van der Waals surface area contributed by atoms with Gasteiger partial charge in [0.2, 0.25) is 5.91 Å². The first-order valence-electron chi connectivity index (χ1n) is 9.27. The van der Waals surface area contributed by atoms with Gasteiger partial charge in [-0.1, -0.05) is 12.1 Å². The third-order valence-electron chi connectivity index (χ3n) is 4.84. The van der Waals surface area contributed by atoms with Crippen LogP contribution >= 0.6 is 11.3 Å². The van der Waals surface area contributed by atoms with Crippen molar-refractivity contribution >= 4 is 17.2 Å². The van der Waals surface area contributed by atoms with Crippen LogP contribution in [0.15, 0.2) is 54.2 Å². The molecule has 1 aliphatic heterocycles. The van der Waals surface area contributed by atoms with E-state index in [0.717, 1.165) is 49.0 Å². The van der Waals surface area contributed by atoms with Crippen molar-refractivity contribution in [3.05, 3.63) is 71.2 Å². The van der Waals surface area contributed by atoms with Crippen LogP contribution in [0.25, 0.3) is 10.6 Å². The van der Waals surface area contributed by atoms with Gasteiger partial charge in [-0.05, 0) is 29.8 Å². The molecule has 1 aliphatic rings. The molecule has 0 aliphatic carbocycles. The number of halogens is 1. The Bertz CT molecular complexity index is 938. The molecule has 4 rings (SSSR count). The molecule has 0 bridgehead atoms. The highest BCUT2D eigenvalue weighted by Gasteiger charge is 2.22. The quantitative estimate of drug-likeness (QED) is 0.664. The van der Waals surface area contributed by atoms with E-state index in [9.17, 15) is 9.18 Å². The zero-order chi connectivity index (χ0) is 19.3. The van der Waals surface area contributed by atoms with Crippen LogP contribution in [0.2, 0.25) is 0 Å². The molecule has 1 saturated heterocycles. The zero-order valence-electron chi connectivity index (χ0n) is 15.4. The standard InChI is InChI=1S/C21H21FN4OS/c22-18-3-1-2-17(12-18)21-24-19(15-28-21)13-20(27)26-10-8-25(9-11-26)14-16-4-6-23-7-5-16/h1-7,12,15H,8-11,13-14H2. The normalized spacial score (nSPS) is 15.0. The summed E-state index contributed by atoms with van der Waals surface area (Å²) < 4.78 is 13.4. The number of pyridine rings is 1. The second-order valence-corrected chi connectivity index (χ2v) is 7.70. The van der Waals surface area contributed by atoms with Crippen LogP contribution in [0, 0.1) is 5.82 Å². The van der Waals surface area contributed by atoms with E-state index in [1.54, 1.807) is 18.5 Å². The molecule has 0 N–H and O–H groups in total. The van der Waals surface area contributed by atoms with E-state index in [0.29, 0.717) is 0 Å². The molecule has 1 amide bonds. The lowest BCUT2D eigenvalue weighted by Crippen LogP contribution is -2.48. The summed E-state index contributed by atoms with van der Waals surface area (Å²) in [7, 11) is 0. The van der Waals surface area contributed by atoms with Gasteiger partial charge in [0.25, 0.3) is 0 Å². The van der Waals surface area contributed by atoms with Gasteiger partial charge in [0.05, 0.1) is 12.1 Å². The monoisotopic (exact) mass is 396 g/mol. The van der Waals surface area contributed by atoms with Crippen LogP contribution in [0.5, 0.6) is 0 Å². The number of aromatic nitrogens is 2. The number of amides is 1. The molecule has 1 aromatic carbocycles. The minimum Gasteiger partial charge on any atom is -0.340 e. The van der Waals surface area contributed by atoms with Crippen molar-refractivity contribution in [3.8, 4) is 10.6 Å². The average molecular weight is 396 g/mol. The van der Waals surface area contributed by atoms with E-state index >= 15 is 0 Å². The number of thiazole rings is 1. The molecule has 1 fully saturated rings. The van der Waals surface area contributed by atoms with E-state index in [2.05, 4.69) is 14.9 Å². The molecule has 0 saturated carbocycles. The maximum absolute atomic E-state index is 13.4. The Morgan fingerprint density at radius 3 is 2.64 bits per heavy atom. The minimum absolute atomic E-state index is 0.0969. The van der Waals surface area contributed by atoms with Gasteiger partial charge in [0.15, 0.2) is 0 Å². The molecule has 28 heavy (non-hydrogen) atoms. The summed E-state index contributed by atoms with van der Waals surface area (Å²) in [5.41, 5.74) is 2.73. The van der Waals surface area contributed by atoms with Gasteiger partial charge in [0, 0.05) is 56.1 Å². The topological polar surface area (TPSA) is 49.3 Å². The third kappa shape index (κ3) is 4.61. The van der Waals surface area contributed by atoms with E-state index in [-0.39, 0.29) is 18.1 Å². The van der Waals surface area contributed by atoms with Crippen molar-refractivity contribution in [2.75, 3.05) is 26.2 Å². The van der Waals surface area contributed by atoms with Crippen LogP contribution in [-0.4, -0.2) is 51.9 Å². The van der Waals surface area contributed by atoms with Crippen LogP contribution < -0.4 is 0 Å². The maximum atomic E-state index is 13.4. The second-order valence-electron chi connectivity index (χ2n) is 6.84. The summed E-state index contributed by atoms with van der Waals surface area (Å²) in [6, 6.07) is 10.4. The minimum atomic E-state index is -0.282. The van der Waals surface area contributed by atoms with E-state index < -0.39 is 0 Å². The smallest absolute Gasteiger partial charge is 0.228 e. The predicted octanol–water partition coefficient (Wildman–Crippen LogP) is 3.23. The average Bonchev–Trinajstić information content (AvgIpc) is 3.18. The Hall–Kier alpha value is -2.64. The second kappa shape index (κ2) is 8.58. The van der Waals surface area contributed by atoms with Crippen molar-refractivity contribution in [3.63, 3.8) is 0 Å². The Balaban J connectivity index is 1.30. The van der Waals surface area contributed by atoms with Crippen LogP contribution in [-0.2, 0) is 17.8 Å².